The van der Waals surface area contributed by atoms with Gasteiger partial charge in [0.2, 0.25) is 5.82 Å². The molecule has 0 spiro atoms. The predicted octanol–water partition coefficient (Wildman–Crippen LogP) is 1.78. The molecule has 0 aliphatic carbocycles. The highest BCUT2D eigenvalue weighted by molar-refractivity contribution is 7.19. The third-order valence-electron chi connectivity index (χ3n) is 2.23. The van der Waals surface area contributed by atoms with E-state index in [1.807, 2.05) is 25.4 Å². The second-order valence-electron chi connectivity index (χ2n) is 3.53. The minimum atomic E-state index is 0.477. The molecular formula is C10H9N5OS. The molecule has 3 rings (SSSR count). The van der Waals surface area contributed by atoms with Crippen LogP contribution in [0.5, 0.6) is 0 Å². The second-order valence-corrected chi connectivity index (χ2v) is 4.64. The van der Waals surface area contributed by atoms with E-state index < -0.39 is 0 Å². The maximum atomic E-state index is 5.65. The lowest BCUT2D eigenvalue weighted by Gasteiger charge is -1.84. The fraction of sp³-hybridized carbons (Fsp3) is 0.100. The smallest absolute Gasteiger partial charge is 0.268 e. The summed E-state index contributed by atoms with van der Waals surface area (Å²) in [5.41, 5.74) is 6.48. The molecule has 0 radical (unpaired) electrons. The number of nitrogens with zero attached hydrogens (tertiary/aromatic N) is 4. The van der Waals surface area contributed by atoms with Crippen molar-refractivity contribution in [2.45, 2.75) is 0 Å². The van der Waals surface area contributed by atoms with Gasteiger partial charge >= 0.3 is 0 Å². The van der Waals surface area contributed by atoms with Crippen LogP contribution in [-0.2, 0) is 7.05 Å². The number of hydrogen-bond acceptors (Lipinski definition) is 6. The Morgan fingerprint density at radius 3 is 2.94 bits per heavy atom. The first-order valence-corrected chi connectivity index (χ1v) is 5.72. The van der Waals surface area contributed by atoms with Crippen LogP contribution in [0.2, 0.25) is 0 Å². The average molecular weight is 247 g/mol. The molecule has 3 heterocycles. The molecule has 3 aromatic rings. The molecule has 0 amide bonds. The van der Waals surface area contributed by atoms with Crippen LogP contribution in [0.1, 0.15) is 0 Å². The molecule has 2 N–H and O–H groups in total. The first kappa shape index (κ1) is 10.0. The number of aryl methyl sites for hydroxylation is 1. The third-order valence-corrected chi connectivity index (χ3v) is 3.13. The van der Waals surface area contributed by atoms with E-state index in [-0.39, 0.29) is 0 Å². The molecule has 0 aliphatic heterocycles. The fourth-order valence-corrected chi connectivity index (χ4v) is 2.14. The zero-order valence-electron chi connectivity index (χ0n) is 8.99. The lowest BCUT2D eigenvalue weighted by Crippen LogP contribution is -1.84. The van der Waals surface area contributed by atoms with Crippen molar-refractivity contribution < 1.29 is 4.52 Å². The molecule has 17 heavy (non-hydrogen) atoms. The summed E-state index contributed by atoms with van der Waals surface area (Å²) in [5.74, 6) is 1.01. The quantitative estimate of drug-likeness (QED) is 0.746. The monoisotopic (exact) mass is 247 g/mol. The van der Waals surface area contributed by atoms with Crippen molar-refractivity contribution in [1.82, 2.24) is 19.9 Å². The number of aromatic nitrogens is 4. The van der Waals surface area contributed by atoms with Crippen molar-refractivity contribution >= 4 is 16.3 Å². The van der Waals surface area contributed by atoms with Crippen LogP contribution in [0.4, 0.5) is 5.00 Å². The Hall–Kier alpha value is -2.15. The summed E-state index contributed by atoms with van der Waals surface area (Å²) in [6.07, 6.45) is 3.52. The number of thiophene rings is 1. The van der Waals surface area contributed by atoms with E-state index in [1.165, 1.54) is 11.3 Å². The van der Waals surface area contributed by atoms with Crippen molar-refractivity contribution in [2.24, 2.45) is 7.05 Å². The summed E-state index contributed by atoms with van der Waals surface area (Å²) in [5, 5.41) is 8.69. The first-order chi connectivity index (χ1) is 8.22. The van der Waals surface area contributed by atoms with E-state index in [4.69, 9.17) is 10.3 Å². The number of anilines is 1. The average Bonchev–Trinajstić information content (AvgIpc) is 2.96. The highest BCUT2D eigenvalue weighted by atomic mass is 32.1. The molecule has 6 nitrogen and oxygen atoms in total. The van der Waals surface area contributed by atoms with Gasteiger partial charge in [-0.05, 0) is 12.1 Å². The van der Waals surface area contributed by atoms with E-state index >= 15 is 0 Å². The van der Waals surface area contributed by atoms with Gasteiger partial charge in [0.15, 0.2) is 0 Å². The summed E-state index contributed by atoms with van der Waals surface area (Å²) < 4.78 is 6.87. The summed E-state index contributed by atoms with van der Waals surface area (Å²) in [4.78, 5) is 5.17. The van der Waals surface area contributed by atoms with Crippen LogP contribution in [0.25, 0.3) is 22.2 Å². The number of nitrogens with two attached hydrogens (primary N) is 1. The SMILES string of the molecule is Cn1cc(-c2noc(-c3ccc(N)s3)n2)cn1. The lowest BCUT2D eigenvalue weighted by molar-refractivity contribution is 0.433. The second kappa shape index (κ2) is 3.70. The van der Waals surface area contributed by atoms with Crippen molar-refractivity contribution in [2.75, 3.05) is 5.73 Å². The fourth-order valence-electron chi connectivity index (χ4n) is 1.45. The molecule has 0 aliphatic rings. The van der Waals surface area contributed by atoms with Crippen molar-refractivity contribution in [3.8, 4) is 22.2 Å². The van der Waals surface area contributed by atoms with Crippen molar-refractivity contribution in [1.29, 1.82) is 0 Å². The van der Waals surface area contributed by atoms with Crippen LogP contribution in [0.3, 0.4) is 0 Å². The molecule has 0 aromatic carbocycles. The predicted molar refractivity (Wildman–Crippen MR) is 64.2 cm³/mol. The van der Waals surface area contributed by atoms with Gasteiger partial charge in [0.25, 0.3) is 5.89 Å². The maximum Gasteiger partial charge on any atom is 0.268 e. The number of nitrogen functional groups attached to an aromatic ring is 1. The van der Waals surface area contributed by atoms with Gasteiger partial charge in [-0.15, -0.1) is 11.3 Å². The van der Waals surface area contributed by atoms with Crippen LogP contribution in [0.15, 0.2) is 29.0 Å². The number of hydrogen-bond donors (Lipinski definition) is 1. The summed E-state index contributed by atoms with van der Waals surface area (Å²) >= 11 is 1.42. The van der Waals surface area contributed by atoms with Gasteiger partial charge in [0.1, 0.15) is 0 Å². The van der Waals surface area contributed by atoms with E-state index in [0.717, 1.165) is 15.4 Å². The molecule has 0 fully saturated rings. The van der Waals surface area contributed by atoms with Gasteiger partial charge < -0.3 is 10.3 Å². The van der Waals surface area contributed by atoms with E-state index in [1.54, 1.807) is 10.9 Å². The summed E-state index contributed by atoms with van der Waals surface area (Å²) in [6.45, 7) is 0. The Balaban J connectivity index is 1.98. The molecule has 86 valence electrons. The minimum absolute atomic E-state index is 0.477. The molecule has 0 saturated heterocycles. The van der Waals surface area contributed by atoms with Crippen LogP contribution >= 0.6 is 11.3 Å². The van der Waals surface area contributed by atoms with Crippen molar-refractivity contribution in [3.63, 3.8) is 0 Å². The molecule has 0 saturated carbocycles. The molecule has 0 unspecified atom stereocenters. The lowest BCUT2D eigenvalue weighted by atomic mass is 10.3. The molecule has 3 aromatic heterocycles. The molecule has 7 heteroatoms. The topological polar surface area (TPSA) is 82.8 Å². The highest BCUT2D eigenvalue weighted by Crippen LogP contribution is 2.29. The molecule has 0 atom stereocenters. The maximum absolute atomic E-state index is 5.65. The minimum Gasteiger partial charge on any atom is -0.391 e. The summed E-state index contributed by atoms with van der Waals surface area (Å²) in [6, 6.07) is 3.68. The van der Waals surface area contributed by atoms with Crippen molar-refractivity contribution in [3.05, 3.63) is 24.5 Å². The van der Waals surface area contributed by atoms with Gasteiger partial charge in [0, 0.05) is 13.2 Å². The number of rotatable bonds is 2. The zero-order valence-corrected chi connectivity index (χ0v) is 9.81. The van der Waals surface area contributed by atoms with Crippen LogP contribution in [0, 0.1) is 0 Å². The largest absolute Gasteiger partial charge is 0.391 e. The third kappa shape index (κ3) is 1.80. The molecule has 0 bridgehead atoms. The van der Waals surface area contributed by atoms with Gasteiger partial charge in [-0.25, -0.2) is 0 Å². The Morgan fingerprint density at radius 1 is 1.41 bits per heavy atom. The molecular weight excluding hydrogens is 238 g/mol. The van der Waals surface area contributed by atoms with Gasteiger partial charge in [0.05, 0.1) is 21.6 Å². The van der Waals surface area contributed by atoms with Crippen LogP contribution < -0.4 is 5.73 Å². The Morgan fingerprint density at radius 2 is 2.29 bits per heavy atom. The standard InChI is InChI=1S/C10H9N5OS/c1-15-5-6(4-12-15)9-13-10(16-14-9)7-2-3-8(11)17-7/h2-5H,11H2,1H3. The van der Waals surface area contributed by atoms with Gasteiger partial charge in [-0.2, -0.15) is 10.1 Å². The summed E-state index contributed by atoms with van der Waals surface area (Å²) in [7, 11) is 1.84. The van der Waals surface area contributed by atoms with Gasteiger partial charge in [-0.3, -0.25) is 4.68 Å². The Kier molecular flexibility index (Phi) is 2.19. The van der Waals surface area contributed by atoms with Gasteiger partial charge in [-0.1, -0.05) is 5.16 Å². The van der Waals surface area contributed by atoms with Crippen LogP contribution in [-0.4, -0.2) is 19.9 Å². The van der Waals surface area contributed by atoms with E-state index in [0.29, 0.717) is 11.7 Å². The zero-order chi connectivity index (χ0) is 11.8. The Labute approximate surface area is 101 Å². The Bertz CT molecular complexity index is 598. The first-order valence-electron chi connectivity index (χ1n) is 4.91. The highest BCUT2D eigenvalue weighted by Gasteiger charge is 2.13. The van der Waals surface area contributed by atoms with E-state index in [2.05, 4.69) is 15.2 Å². The van der Waals surface area contributed by atoms with E-state index in [9.17, 15) is 0 Å². The normalized spacial score (nSPS) is 10.9.